The molecule has 2 bridgehead atoms. The van der Waals surface area contributed by atoms with Crippen LogP contribution in [0, 0.1) is 17.8 Å². The van der Waals surface area contributed by atoms with E-state index in [2.05, 4.69) is 10.4 Å². The zero-order chi connectivity index (χ0) is 15.0. The minimum Gasteiger partial charge on any atom is -0.370 e. The molecule has 21 heavy (non-hydrogen) atoms. The van der Waals surface area contributed by atoms with Crippen LogP contribution in [0.5, 0.6) is 0 Å². The molecule has 0 saturated heterocycles. The number of aryl methyl sites for hydroxylation is 1. The summed E-state index contributed by atoms with van der Waals surface area (Å²) in [6.07, 6.45) is 5.28. The fraction of sp³-hybridized carbons (Fsp3) is 0.643. The van der Waals surface area contributed by atoms with Gasteiger partial charge >= 0.3 is 0 Å². The van der Waals surface area contributed by atoms with Gasteiger partial charge in [0.05, 0.1) is 5.92 Å². The average Bonchev–Trinajstić information content (AvgIpc) is 3.11. The molecule has 2 amide bonds. The summed E-state index contributed by atoms with van der Waals surface area (Å²) in [6.45, 7) is 0.416. The van der Waals surface area contributed by atoms with E-state index in [1.54, 1.807) is 16.9 Å². The van der Waals surface area contributed by atoms with E-state index >= 15 is 0 Å². The number of nitrogens with two attached hydrogens (primary N) is 2. The minimum absolute atomic E-state index is 0.0271. The second kappa shape index (κ2) is 5.48. The van der Waals surface area contributed by atoms with Crippen LogP contribution in [0.3, 0.4) is 0 Å². The molecule has 4 atom stereocenters. The molecule has 0 aliphatic heterocycles. The van der Waals surface area contributed by atoms with Gasteiger partial charge in [0.15, 0.2) is 5.82 Å². The molecule has 1 aromatic rings. The van der Waals surface area contributed by atoms with E-state index in [1.165, 1.54) is 0 Å². The van der Waals surface area contributed by atoms with Crippen molar-refractivity contribution in [3.05, 3.63) is 12.3 Å². The Kier molecular flexibility index (Phi) is 3.67. The Hall–Kier alpha value is -1.89. The molecule has 3 rings (SSSR count). The highest BCUT2D eigenvalue weighted by Crippen LogP contribution is 2.47. The number of hydrogen-bond donors (Lipinski definition) is 3. The molecule has 2 aliphatic carbocycles. The van der Waals surface area contributed by atoms with Gasteiger partial charge in [0.25, 0.3) is 0 Å². The van der Waals surface area contributed by atoms with Crippen LogP contribution in [-0.2, 0) is 16.1 Å². The lowest BCUT2D eigenvalue weighted by Crippen LogP contribution is -2.42. The van der Waals surface area contributed by atoms with Crippen molar-refractivity contribution in [1.29, 1.82) is 0 Å². The number of amides is 2. The number of primary amides is 1. The topological polar surface area (TPSA) is 116 Å². The maximum atomic E-state index is 12.4. The van der Waals surface area contributed by atoms with Crippen LogP contribution >= 0.6 is 0 Å². The molecular formula is C14H21N5O2. The lowest BCUT2D eigenvalue weighted by atomic mass is 9.84. The summed E-state index contributed by atoms with van der Waals surface area (Å²) < 4.78 is 1.60. The Labute approximate surface area is 123 Å². The molecule has 4 unspecified atom stereocenters. The first-order valence-electron chi connectivity index (χ1n) is 7.43. The molecule has 1 aromatic heterocycles. The Morgan fingerprint density at radius 1 is 1.38 bits per heavy atom. The molecule has 7 heteroatoms. The number of nitrogens with one attached hydrogen (secondary N) is 1. The highest BCUT2D eigenvalue weighted by Gasteiger charge is 2.49. The number of anilines is 1. The van der Waals surface area contributed by atoms with Gasteiger partial charge in [-0.1, -0.05) is 0 Å². The lowest BCUT2D eigenvalue weighted by molar-refractivity contribution is -0.122. The van der Waals surface area contributed by atoms with Gasteiger partial charge in [0.2, 0.25) is 11.8 Å². The maximum Gasteiger partial charge on any atom is 0.230 e. The summed E-state index contributed by atoms with van der Waals surface area (Å²) in [6, 6.07) is 1.69. The second-order valence-electron chi connectivity index (χ2n) is 6.11. The van der Waals surface area contributed by atoms with Crippen molar-refractivity contribution >= 4 is 17.6 Å². The third-order valence-electron chi connectivity index (χ3n) is 4.76. The second-order valence-corrected chi connectivity index (χ2v) is 6.11. The lowest BCUT2D eigenvalue weighted by Gasteiger charge is -2.26. The Bertz CT molecular complexity index is 553. The first-order valence-corrected chi connectivity index (χ1v) is 7.43. The number of nitrogens with zero attached hydrogens (tertiary/aromatic N) is 2. The van der Waals surface area contributed by atoms with Crippen LogP contribution in [0.25, 0.3) is 0 Å². The van der Waals surface area contributed by atoms with E-state index in [9.17, 15) is 9.59 Å². The van der Waals surface area contributed by atoms with Crippen LogP contribution in [0.4, 0.5) is 5.82 Å². The van der Waals surface area contributed by atoms with Gasteiger partial charge in [0.1, 0.15) is 0 Å². The number of fused-ring (bicyclic) bond motifs is 2. The van der Waals surface area contributed by atoms with Crippen LogP contribution in [0.2, 0.25) is 0 Å². The van der Waals surface area contributed by atoms with Crippen LogP contribution < -0.4 is 16.8 Å². The zero-order valence-corrected chi connectivity index (χ0v) is 11.9. The standard InChI is InChI=1S/C14H21N5O2/c15-10(20)3-5-19-6-4-11(18-19)17-14(21)12-8-1-2-9(7-8)13(12)16/h4,6,8-9,12-13H,1-3,5,7,16H2,(H2,15,20)(H,17,18,21). The van der Waals surface area contributed by atoms with E-state index < -0.39 is 0 Å². The monoisotopic (exact) mass is 291 g/mol. The summed E-state index contributed by atoms with van der Waals surface area (Å²) >= 11 is 0. The normalized spacial score (nSPS) is 30.5. The molecule has 2 saturated carbocycles. The molecule has 0 spiro atoms. The quantitative estimate of drug-likeness (QED) is 0.711. The molecule has 5 N–H and O–H groups in total. The Morgan fingerprint density at radius 3 is 2.81 bits per heavy atom. The van der Waals surface area contributed by atoms with Crippen LogP contribution in [0.15, 0.2) is 12.3 Å². The predicted octanol–water partition coefficient (Wildman–Crippen LogP) is 0.0704. The van der Waals surface area contributed by atoms with Gasteiger partial charge in [-0.3, -0.25) is 14.3 Å². The van der Waals surface area contributed by atoms with Crippen molar-refractivity contribution in [3.63, 3.8) is 0 Å². The van der Waals surface area contributed by atoms with Crippen molar-refractivity contribution < 1.29 is 9.59 Å². The largest absolute Gasteiger partial charge is 0.370 e. The summed E-state index contributed by atoms with van der Waals surface area (Å²) in [5.41, 5.74) is 11.3. The predicted molar refractivity (Wildman–Crippen MR) is 77.0 cm³/mol. The fourth-order valence-corrected chi connectivity index (χ4v) is 3.71. The average molecular weight is 291 g/mol. The van der Waals surface area contributed by atoms with Crippen LogP contribution in [-0.4, -0.2) is 27.6 Å². The third-order valence-corrected chi connectivity index (χ3v) is 4.76. The summed E-state index contributed by atoms with van der Waals surface area (Å²) in [5, 5.41) is 7.06. The van der Waals surface area contributed by atoms with E-state index in [1.807, 2.05) is 0 Å². The first kappa shape index (κ1) is 14.1. The highest BCUT2D eigenvalue weighted by molar-refractivity contribution is 5.92. The SMILES string of the molecule is NC(=O)CCn1ccc(NC(=O)C2C3CCC(C3)C2N)n1. The molecule has 0 aromatic carbocycles. The zero-order valence-electron chi connectivity index (χ0n) is 11.9. The third kappa shape index (κ3) is 2.78. The number of hydrogen-bond acceptors (Lipinski definition) is 4. The molecule has 1 heterocycles. The van der Waals surface area contributed by atoms with Crippen molar-refractivity contribution in [2.75, 3.05) is 5.32 Å². The van der Waals surface area contributed by atoms with Gasteiger partial charge < -0.3 is 16.8 Å². The smallest absolute Gasteiger partial charge is 0.230 e. The number of aromatic nitrogens is 2. The van der Waals surface area contributed by atoms with E-state index in [0.29, 0.717) is 24.2 Å². The van der Waals surface area contributed by atoms with Crippen LogP contribution in [0.1, 0.15) is 25.7 Å². The minimum atomic E-state index is -0.371. The van der Waals surface area contributed by atoms with Gasteiger partial charge in [-0.05, 0) is 31.1 Å². The first-order chi connectivity index (χ1) is 10.0. The van der Waals surface area contributed by atoms with Crippen molar-refractivity contribution in [2.24, 2.45) is 29.2 Å². The molecule has 7 nitrogen and oxygen atoms in total. The summed E-state index contributed by atoms with van der Waals surface area (Å²) in [4.78, 5) is 23.1. The van der Waals surface area contributed by atoms with Crippen molar-refractivity contribution in [3.8, 4) is 0 Å². The molecule has 114 valence electrons. The molecular weight excluding hydrogens is 270 g/mol. The summed E-state index contributed by atoms with van der Waals surface area (Å²) in [7, 11) is 0. The van der Waals surface area contributed by atoms with Gasteiger partial charge in [-0.2, -0.15) is 5.10 Å². The fourth-order valence-electron chi connectivity index (χ4n) is 3.71. The summed E-state index contributed by atoms with van der Waals surface area (Å²) in [5.74, 6) is 0.915. The van der Waals surface area contributed by atoms with E-state index in [0.717, 1.165) is 19.3 Å². The number of carbonyl (C=O) groups is 2. The van der Waals surface area contributed by atoms with Crippen molar-refractivity contribution in [1.82, 2.24) is 9.78 Å². The van der Waals surface area contributed by atoms with Gasteiger partial charge in [-0.25, -0.2) is 0 Å². The van der Waals surface area contributed by atoms with Gasteiger partial charge in [-0.15, -0.1) is 0 Å². The molecule has 0 radical (unpaired) electrons. The van der Waals surface area contributed by atoms with E-state index in [-0.39, 0.29) is 30.2 Å². The number of carbonyl (C=O) groups excluding carboxylic acids is 2. The highest BCUT2D eigenvalue weighted by atomic mass is 16.2. The van der Waals surface area contributed by atoms with E-state index in [4.69, 9.17) is 11.5 Å². The number of rotatable bonds is 5. The Morgan fingerprint density at radius 2 is 2.14 bits per heavy atom. The molecule has 2 aliphatic rings. The van der Waals surface area contributed by atoms with Crippen molar-refractivity contribution in [2.45, 2.75) is 38.3 Å². The molecule has 2 fully saturated rings. The van der Waals surface area contributed by atoms with Gasteiger partial charge in [0, 0.05) is 31.3 Å². The maximum absolute atomic E-state index is 12.4. The Balaban J connectivity index is 1.59.